The Balaban J connectivity index is 2.29. The largest absolute Gasteiger partial charge is 0.389 e. The number of thiocarbonyl (C=S) groups is 1. The minimum Gasteiger partial charge on any atom is -0.389 e. The first-order chi connectivity index (χ1) is 8.97. The third-order valence-corrected chi connectivity index (χ3v) is 3.16. The molecule has 0 unspecified atom stereocenters. The van der Waals surface area contributed by atoms with Crippen molar-refractivity contribution in [3.05, 3.63) is 58.1 Å². The molecule has 2 aromatic carbocycles. The van der Waals surface area contributed by atoms with Gasteiger partial charge in [0.15, 0.2) is 0 Å². The molecule has 0 heterocycles. The van der Waals surface area contributed by atoms with E-state index in [0.717, 1.165) is 0 Å². The first-order valence-corrected chi connectivity index (χ1v) is 6.49. The molecule has 98 valence electrons. The van der Waals surface area contributed by atoms with Gasteiger partial charge in [-0.2, -0.15) is 0 Å². The Kier molecular flexibility index (Phi) is 4.11. The zero-order valence-corrected chi connectivity index (χ0v) is 12.0. The zero-order valence-electron chi connectivity index (χ0n) is 9.58. The lowest BCUT2D eigenvalue weighted by Crippen LogP contribution is -2.11. The Labute approximate surface area is 122 Å². The van der Waals surface area contributed by atoms with Crippen LogP contribution in [0.4, 0.5) is 20.2 Å². The molecule has 3 N–H and O–H groups in total. The number of benzene rings is 2. The van der Waals surface area contributed by atoms with E-state index in [0.29, 0.717) is 10.2 Å². The number of nitrogens with two attached hydrogens (primary N) is 1. The molecule has 0 aliphatic carbocycles. The summed E-state index contributed by atoms with van der Waals surface area (Å²) < 4.78 is 27.9. The molecule has 19 heavy (non-hydrogen) atoms. The normalized spacial score (nSPS) is 10.3. The van der Waals surface area contributed by atoms with Gasteiger partial charge in [0.1, 0.15) is 16.6 Å². The number of nitrogens with one attached hydrogen (secondary N) is 1. The summed E-state index contributed by atoms with van der Waals surface area (Å²) in [7, 11) is 0. The van der Waals surface area contributed by atoms with Crippen molar-refractivity contribution in [1.29, 1.82) is 0 Å². The molecule has 0 fully saturated rings. The van der Waals surface area contributed by atoms with E-state index in [1.54, 1.807) is 18.2 Å². The van der Waals surface area contributed by atoms with Crippen LogP contribution in [0, 0.1) is 11.6 Å². The Hall–Kier alpha value is -1.53. The Morgan fingerprint density at radius 2 is 1.84 bits per heavy atom. The molecule has 0 bridgehead atoms. The van der Waals surface area contributed by atoms with E-state index < -0.39 is 11.6 Å². The average Bonchev–Trinajstić information content (AvgIpc) is 2.32. The maximum Gasteiger partial charge on any atom is 0.147 e. The van der Waals surface area contributed by atoms with Gasteiger partial charge in [0.05, 0.1) is 5.69 Å². The van der Waals surface area contributed by atoms with Gasteiger partial charge in [-0.05, 0) is 36.4 Å². The highest BCUT2D eigenvalue weighted by Crippen LogP contribution is 2.24. The van der Waals surface area contributed by atoms with Crippen LogP contribution in [0.25, 0.3) is 0 Å². The maximum atomic E-state index is 13.7. The molecule has 2 nitrogen and oxygen atoms in total. The van der Waals surface area contributed by atoms with Crippen LogP contribution in [0.1, 0.15) is 5.56 Å². The van der Waals surface area contributed by atoms with Crippen LogP contribution in [0.2, 0.25) is 0 Å². The van der Waals surface area contributed by atoms with Crippen molar-refractivity contribution in [2.45, 2.75) is 0 Å². The van der Waals surface area contributed by atoms with Gasteiger partial charge in [0.25, 0.3) is 0 Å². The summed E-state index contributed by atoms with van der Waals surface area (Å²) in [5.74, 6) is -0.983. The van der Waals surface area contributed by atoms with Crippen molar-refractivity contribution in [3.63, 3.8) is 0 Å². The number of halogens is 3. The fraction of sp³-hybridized carbons (Fsp3) is 0. The van der Waals surface area contributed by atoms with Gasteiger partial charge >= 0.3 is 0 Å². The van der Waals surface area contributed by atoms with Crippen LogP contribution in [0.15, 0.2) is 40.9 Å². The fourth-order valence-corrected chi connectivity index (χ4v) is 2.04. The van der Waals surface area contributed by atoms with Crippen molar-refractivity contribution in [2.75, 3.05) is 5.32 Å². The van der Waals surface area contributed by atoms with Gasteiger partial charge in [-0.1, -0.05) is 28.1 Å². The average molecular weight is 343 g/mol. The van der Waals surface area contributed by atoms with E-state index in [-0.39, 0.29) is 16.2 Å². The Morgan fingerprint density at radius 1 is 1.11 bits per heavy atom. The summed E-state index contributed by atoms with van der Waals surface area (Å²) >= 11 is 7.87. The number of hydrogen-bond donors (Lipinski definition) is 2. The van der Waals surface area contributed by atoms with E-state index in [1.807, 2.05) is 0 Å². The van der Waals surface area contributed by atoms with Crippen molar-refractivity contribution in [3.8, 4) is 0 Å². The molecule has 6 heteroatoms. The number of hydrogen-bond acceptors (Lipinski definition) is 2. The smallest absolute Gasteiger partial charge is 0.147 e. The predicted molar refractivity (Wildman–Crippen MR) is 79.7 cm³/mol. The van der Waals surface area contributed by atoms with Gasteiger partial charge < -0.3 is 11.1 Å². The lowest BCUT2D eigenvalue weighted by molar-refractivity contribution is 0.625. The minimum absolute atomic E-state index is 0.0149. The Morgan fingerprint density at radius 3 is 2.42 bits per heavy atom. The van der Waals surface area contributed by atoms with Gasteiger partial charge in [0, 0.05) is 15.7 Å². The van der Waals surface area contributed by atoms with Crippen LogP contribution in [0.5, 0.6) is 0 Å². The minimum atomic E-state index is -0.546. The van der Waals surface area contributed by atoms with Crippen LogP contribution < -0.4 is 11.1 Å². The summed E-state index contributed by atoms with van der Waals surface area (Å²) in [6, 6.07) is 8.82. The van der Waals surface area contributed by atoms with Crippen molar-refractivity contribution < 1.29 is 8.78 Å². The fourth-order valence-electron chi connectivity index (χ4n) is 1.54. The summed E-state index contributed by atoms with van der Waals surface area (Å²) in [5.41, 5.74) is 6.20. The monoisotopic (exact) mass is 342 g/mol. The van der Waals surface area contributed by atoms with Crippen LogP contribution in [-0.4, -0.2) is 4.99 Å². The third kappa shape index (κ3) is 3.27. The highest BCUT2D eigenvalue weighted by molar-refractivity contribution is 9.10. The molecule has 0 spiro atoms. The number of anilines is 2. The third-order valence-electron chi connectivity index (χ3n) is 2.44. The summed E-state index contributed by atoms with van der Waals surface area (Å²) in [6.07, 6.45) is 0. The second-order valence-corrected chi connectivity index (χ2v) is 5.16. The molecule has 2 rings (SSSR count). The maximum absolute atomic E-state index is 13.7. The standard InChI is InChI=1S/C13H9BrF2N2S/c14-7-1-4-12(11(16)5-7)18-8-2-3-9(13(17)19)10(15)6-8/h1-6,18H,(H2,17,19). The first kappa shape index (κ1) is 13.9. The molecule has 2 aromatic rings. The highest BCUT2D eigenvalue weighted by atomic mass is 79.9. The molecule has 0 aliphatic rings. The van der Waals surface area contributed by atoms with E-state index in [4.69, 9.17) is 18.0 Å². The van der Waals surface area contributed by atoms with E-state index in [1.165, 1.54) is 18.2 Å². The molecule has 0 aromatic heterocycles. The quantitative estimate of drug-likeness (QED) is 0.824. The topological polar surface area (TPSA) is 38.0 Å². The zero-order chi connectivity index (χ0) is 14.0. The van der Waals surface area contributed by atoms with Gasteiger partial charge in [-0.3, -0.25) is 0 Å². The van der Waals surface area contributed by atoms with Crippen LogP contribution >= 0.6 is 28.1 Å². The second-order valence-electron chi connectivity index (χ2n) is 3.81. The van der Waals surface area contributed by atoms with Gasteiger partial charge in [-0.15, -0.1) is 0 Å². The first-order valence-electron chi connectivity index (χ1n) is 5.29. The van der Waals surface area contributed by atoms with E-state index in [2.05, 4.69) is 21.2 Å². The second kappa shape index (κ2) is 5.63. The summed E-state index contributed by atoms with van der Waals surface area (Å²) in [4.78, 5) is -0.0149. The van der Waals surface area contributed by atoms with Gasteiger partial charge in [-0.25, -0.2) is 8.78 Å². The molecule has 0 amide bonds. The van der Waals surface area contributed by atoms with Crippen molar-refractivity contribution in [1.82, 2.24) is 0 Å². The van der Waals surface area contributed by atoms with Crippen LogP contribution in [0.3, 0.4) is 0 Å². The molecule has 0 saturated heterocycles. The lowest BCUT2D eigenvalue weighted by atomic mass is 10.2. The molecule has 0 radical (unpaired) electrons. The Bertz CT molecular complexity index is 647. The lowest BCUT2D eigenvalue weighted by Gasteiger charge is -2.09. The van der Waals surface area contributed by atoms with E-state index >= 15 is 0 Å². The molecular formula is C13H9BrF2N2S. The molecule has 0 aliphatic heterocycles. The van der Waals surface area contributed by atoms with Gasteiger partial charge in [0.2, 0.25) is 0 Å². The SMILES string of the molecule is NC(=S)c1ccc(Nc2ccc(Br)cc2F)cc1F. The van der Waals surface area contributed by atoms with Crippen LogP contribution in [-0.2, 0) is 0 Å². The molecular weight excluding hydrogens is 334 g/mol. The number of rotatable bonds is 3. The summed E-state index contributed by atoms with van der Waals surface area (Å²) in [6.45, 7) is 0. The predicted octanol–water partition coefficient (Wildman–Crippen LogP) is 4.11. The van der Waals surface area contributed by atoms with E-state index in [9.17, 15) is 8.78 Å². The van der Waals surface area contributed by atoms with Crippen molar-refractivity contribution >= 4 is 44.5 Å². The highest BCUT2D eigenvalue weighted by Gasteiger charge is 2.08. The van der Waals surface area contributed by atoms with Crippen molar-refractivity contribution in [2.24, 2.45) is 5.73 Å². The summed E-state index contributed by atoms with van der Waals surface area (Å²) in [5, 5.41) is 2.79. The molecule has 0 atom stereocenters. The molecule has 0 saturated carbocycles.